The molecule has 0 aliphatic rings. The van der Waals surface area contributed by atoms with Crippen molar-refractivity contribution in [3.63, 3.8) is 0 Å². The lowest BCUT2D eigenvalue weighted by Gasteiger charge is -2.11. The van der Waals surface area contributed by atoms with Crippen LogP contribution in [0.25, 0.3) is 10.6 Å². The van der Waals surface area contributed by atoms with Crippen molar-refractivity contribution in [2.24, 2.45) is 0 Å². The van der Waals surface area contributed by atoms with Crippen LogP contribution >= 0.6 is 11.3 Å². The van der Waals surface area contributed by atoms with E-state index in [1.807, 2.05) is 24.3 Å². The number of hydrogen-bond acceptors (Lipinski definition) is 5. The largest absolute Gasteiger partial charge is 0.448 e. The van der Waals surface area contributed by atoms with E-state index in [2.05, 4.69) is 23.8 Å². The van der Waals surface area contributed by atoms with E-state index in [1.165, 1.54) is 23.8 Å². The van der Waals surface area contributed by atoms with Crippen molar-refractivity contribution in [1.82, 2.24) is 10.3 Å². The summed E-state index contributed by atoms with van der Waals surface area (Å²) in [6.07, 6.45) is 1.65. The van der Waals surface area contributed by atoms with E-state index in [0.29, 0.717) is 6.54 Å². The molecule has 0 aliphatic heterocycles. The number of nitrogens with one attached hydrogen (secondary N) is 1. The second-order valence-electron chi connectivity index (χ2n) is 5.17. The third-order valence-corrected chi connectivity index (χ3v) is 4.29. The Kier molecular flexibility index (Phi) is 6.26. The molecule has 1 N–H and O–H groups in total. The number of nitrogens with zero attached hydrogens (tertiary/aromatic N) is 1. The second-order valence-corrected chi connectivity index (χ2v) is 6.03. The highest BCUT2D eigenvalue weighted by molar-refractivity contribution is 7.13. The number of aryl methyl sites for hydroxylation is 1. The van der Waals surface area contributed by atoms with Gasteiger partial charge in [0.25, 0.3) is 5.91 Å². The molecule has 5 nitrogen and oxygen atoms in total. The number of amides is 1. The zero-order valence-corrected chi connectivity index (χ0v) is 14.6. The van der Waals surface area contributed by atoms with E-state index < -0.39 is 12.1 Å². The van der Waals surface area contributed by atoms with Gasteiger partial charge in [0.1, 0.15) is 5.01 Å². The van der Waals surface area contributed by atoms with Crippen LogP contribution in [0.4, 0.5) is 0 Å². The van der Waals surface area contributed by atoms with Gasteiger partial charge in [0.2, 0.25) is 0 Å². The standard InChI is InChI=1S/C18H20N2O3S/c1-4-10-19-16(21)12(3)23-18(22)15-11-24-17(20-15)14-8-6-13(5-2)7-9-14/h4,6-9,11-12H,1,5,10H2,2-3H3,(H,19,21)/t12-/m0/s1. The van der Waals surface area contributed by atoms with Crippen LogP contribution in [0.5, 0.6) is 0 Å². The monoisotopic (exact) mass is 344 g/mol. The van der Waals surface area contributed by atoms with Gasteiger partial charge in [-0.3, -0.25) is 4.79 Å². The number of aromatic nitrogens is 1. The Bertz CT molecular complexity index is 722. The molecular weight excluding hydrogens is 324 g/mol. The van der Waals surface area contributed by atoms with Gasteiger partial charge in [-0.05, 0) is 18.9 Å². The van der Waals surface area contributed by atoms with Crippen LogP contribution in [-0.4, -0.2) is 29.5 Å². The molecule has 6 heteroatoms. The van der Waals surface area contributed by atoms with Crippen LogP contribution in [0.15, 0.2) is 42.3 Å². The molecule has 1 aromatic carbocycles. The van der Waals surface area contributed by atoms with Crippen LogP contribution in [0.1, 0.15) is 29.9 Å². The van der Waals surface area contributed by atoms with Crippen molar-refractivity contribution in [3.05, 3.63) is 53.6 Å². The van der Waals surface area contributed by atoms with Gasteiger partial charge in [0, 0.05) is 17.5 Å². The topological polar surface area (TPSA) is 68.3 Å². The van der Waals surface area contributed by atoms with Gasteiger partial charge < -0.3 is 10.1 Å². The van der Waals surface area contributed by atoms with Gasteiger partial charge in [-0.1, -0.05) is 37.3 Å². The molecule has 1 atom stereocenters. The van der Waals surface area contributed by atoms with Crippen LogP contribution in [0.2, 0.25) is 0 Å². The maximum absolute atomic E-state index is 12.1. The lowest BCUT2D eigenvalue weighted by atomic mass is 10.1. The average molecular weight is 344 g/mol. The molecule has 0 saturated carbocycles. The van der Waals surface area contributed by atoms with Crippen molar-refractivity contribution < 1.29 is 14.3 Å². The van der Waals surface area contributed by atoms with Crippen LogP contribution < -0.4 is 5.32 Å². The molecule has 2 rings (SSSR count). The van der Waals surface area contributed by atoms with Crippen LogP contribution in [0.3, 0.4) is 0 Å². The van der Waals surface area contributed by atoms with Gasteiger partial charge >= 0.3 is 5.97 Å². The third kappa shape index (κ3) is 4.52. The summed E-state index contributed by atoms with van der Waals surface area (Å²) in [5, 5.41) is 4.96. The van der Waals surface area contributed by atoms with Crippen molar-refractivity contribution in [3.8, 4) is 10.6 Å². The number of carbonyl (C=O) groups is 2. The molecule has 1 amide bonds. The zero-order chi connectivity index (χ0) is 17.5. The van der Waals surface area contributed by atoms with Crippen molar-refractivity contribution in [2.45, 2.75) is 26.4 Å². The minimum absolute atomic E-state index is 0.206. The lowest BCUT2D eigenvalue weighted by molar-refractivity contribution is -0.128. The highest BCUT2D eigenvalue weighted by Crippen LogP contribution is 2.24. The molecule has 0 saturated heterocycles. The summed E-state index contributed by atoms with van der Waals surface area (Å²) in [5.41, 5.74) is 2.40. The van der Waals surface area contributed by atoms with E-state index in [-0.39, 0.29) is 11.6 Å². The molecule has 0 fully saturated rings. The first kappa shape index (κ1) is 17.9. The fourth-order valence-electron chi connectivity index (χ4n) is 1.97. The molecule has 24 heavy (non-hydrogen) atoms. The maximum Gasteiger partial charge on any atom is 0.358 e. The Hall–Kier alpha value is -2.47. The number of ether oxygens (including phenoxy) is 1. The predicted octanol–water partition coefficient (Wildman–Crippen LogP) is 3.22. The molecule has 126 valence electrons. The van der Waals surface area contributed by atoms with E-state index >= 15 is 0 Å². The van der Waals surface area contributed by atoms with Crippen LogP contribution in [-0.2, 0) is 16.0 Å². The fourth-order valence-corrected chi connectivity index (χ4v) is 2.77. The van der Waals surface area contributed by atoms with Crippen molar-refractivity contribution >= 4 is 23.2 Å². The molecular formula is C18H20N2O3S. The maximum atomic E-state index is 12.1. The Morgan fingerprint density at radius 3 is 2.71 bits per heavy atom. The van der Waals surface area contributed by atoms with Gasteiger partial charge in [-0.25, -0.2) is 9.78 Å². The number of benzene rings is 1. The Labute approximate surface area is 145 Å². The summed E-state index contributed by atoms with van der Waals surface area (Å²) in [7, 11) is 0. The number of hydrogen-bond donors (Lipinski definition) is 1. The normalized spacial score (nSPS) is 11.6. The first-order valence-corrected chi connectivity index (χ1v) is 8.57. The minimum Gasteiger partial charge on any atom is -0.448 e. The molecule has 1 heterocycles. The lowest BCUT2D eigenvalue weighted by Crippen LogP contribution is -2.35. The molecule has 0 bridgehead atoms. The van der Waals surface area contributed by atoms with Crippen LogP contribution in [0, 0.1) is 0 Å². The SMILES string of the molecule is C=CCNC(=O)[C@H](C)OC(=O)c1csc(-c2ccc(CC)cc2)n1. The number of thiazole rings is 1. The Balaban J connectivity index is 2.02. The number of esters is 1. The van der Waals surface area contributed by atoms with E-state index in [0.717, 1.165) is 17.0 Å². The number of rotatable bonds is 7. The molecule has 0 aliphatic carbocycles. The zero-order valence-electron chi connectivity index (χ0n) is 13.7. The first-order chi connectivity index (χ1) is 11.5. The van der Waals surface area contributed by atoms with Gasteiger partial charge in [-0.15, -0.1) is 17.9 Å². The predicted molar refractivity (Wildman–Crippen MR) is 95.0 cm³/mol. The van der Waals surface area contributed by atoms with Gasteiger partial charge in [0.15, 0.2) is 11.8 Å². The fraction of sp³-hybridized carbons (Fsp3) is 0.278. The molecule has 0 radical (unpaired) electrons. The summed E-state index contributed by atoms with van der Waals surface area (Å²) in [6.45, 7) is 7.46. The first-order valence-electron chi connectivity index (χ1n) is 7.69. The van der Waals surface area contributed by atoms with E-state index in [1.54, 1.807) is 11.5 Å². The quantitative estimate of drug-likeness (QED) is 0.618. The van der Waals surface area contributed by atoms with E-state index in [4.69, 9.17) is 4.74 Å². The Morgan fingerprint density at radius 1 is 1.38 bits per heavy atom. The highest BCUT2D eigenvalue weighted by Gasteiger charge is 2.20. The third-order valence-electron chi connectivity index (χ3n) is 3.40. The highest BCUT2D eigenvalue weighted by atomic mass is 32.1. The second kappa shape index (κ2) is 8.40. The molecule has 2 aromatic rings. The van der Waals surface area contributed by atoms with Gasteiger partial charge in [-0.2, -0.15) is 0 Å². The van der Waals surface area contributed by atoms with Crippen molar-refractivity contribution in [2.75, 3.05) is 6.54 Å². The van der Waals surface area contributed by atoms with Gasteiger partial charge in [0.05, 0.1) is 0 Å². The Morgan fingerprint density at radius 2 is 2.08 bits per heavy atom. The summed E-state index contributed by atoms with van der Waals surface area (Å²) in [6, 6.07) is 8.05. The van der Waals surface area contributed by atoms with Crippen molar-refractivity contribution in [1.29, 1.82) is 0 Å². The smallest absolute Gasteiger partial charge is 0.358 e. The summed E-state index contributed by atoms with van der Waals surface area (Å²) in [5.74, 6) is -0.974. The average Bonchev–Trinajstić information content (AvgIpc) is 3.09. The summed E-state index contributed by atoms with van der Waals surface area (Å²) < 4.78 is 5.14. The number of carbonyl (C=O) groups excluding carboxylic acids is 2. The minimum atomic E-state index is -0.883. The summed E-state index contributed by atoms with van der Waals surface area (Å²) in [4.78, 5) is 28.1. The van der Waals surface area contributed by atoms with E-state index in [9.17, 15) is 9.59 Å². The molecule has 1 aromatic heterocycles. The molecule has 0 spiro atoms. The molecule has 0 unspecified atom stereocenters. The summed E-state index contributed by atoms with van der Waals surface area (Å²) >= 11 is 1.37.